The van der Waals surface area contributed by atoms with Gasteiger partial charge in [0.2, 0.25) is 6.10 Å². The predicted octanol–water partition coefficient (Wildman–Crippen LogP) is 2.58. The van der Waals surface area contributed by atoms with E-state index in [1.54, 1.807) is 0 Å². The predicted molar refractivity (Wildman–Crippen MR) is 75.6 cm³/mol. The Morgan fingerprint density at radius 2 is 2.05 bits per heavy atom. The number of rotatable bonds is 1. The Morgan fingerprint density at radius 1 is 1.30 bits per heavy atom. The lowest BCUT2D eigenvalue weighted by Crippen LogP contribution is -2.46. The summed E-state index contributed by atoms with van der Waals surface area (Å²) in [5, 5.41) is 3.50. The Hall–Kier alpha value is -1.55. The van der Waals surface area contributed by atoms with Crippen molar-refractivity contribution < 1.29 is 14.3 Å². The van der Waals surface area contributed by atoms with Crippen molar-refractivity contribution in [2.24, 2.45) is 0 Å². The smallest absolute Gasteiger partial charge is 0.349 e. The van der Waals surface area contributed by atoms with E-state index < -0.39 is 11.7 Å². The molecule has 3 atom stereocenters. The fourth-order valence-corrected chi connectivity index (χ4v) is 2.92. The van der Waals surface area contributed by atoms with Gasteiger partial charge >= 0.3 is 5.97 Å². The van der Waals surface area contributed by atoms with Crippen molar-refractivity contribution in [3.8, 4) is 5.75 Å². The van der Waals surface area contributed by atoms with E-state index in [4.69, 9.17) is 9.47 Å². The standard InChI is InChI=1S/C16H21NO3/c1-16(2,3)20-15(18)14-12-9-8-11(17-12)10-6-4-5-7-13(10)19-14/h4-7,11-12,14,17H,8-9H2,1-3H3. The van der Waals surface area contributed by atoms with Gasteiger partial charge in [0, 0.05) is 11.6 Å². The Labute approximate surface area is 119 Å². The molecule has 3 unspecified atom stereocenters. The van der Waals surface area contributed by atoms with E-state index in [1.165, 1.54) is 0 Å². The molecule has 1 aromatic rings. The molecule has 4 nitrogen and oxygen atoms in total. The molecule has 2 heterocycles. The quantitative estimate of drug-likeness (QED) is 0.800. The van der Waals surface area contributed by atoms with Crippen molar-refractivity contribution in [2.75, 3.05) is 0 Å². The summed E-state index contributed by atoms with van der Waals surface area (Å²) in [6.45, 7) is 5.63. The van der Waals surface area contributed by atoms with Gasteiger partial charge in [-0.1, -0.05) is 18.2 Å². The largest absolute Gasteiger partial charge is 0.477 e. The number of carbonyl (C=O) groups is 1. The van der Waals surface area contributed by atoms with E-state index in [-0.39, 0.29) is 18.1 Å². The number of ether oxygens (including phenoxy) is 2. The lowest BCUT2D eigenvalue weighted by Gasteiger charge is -2.27. The molecule has 20 heavy (non-hydrogen) atoms. The maximum Gasteiger partial charge on any atom is 0.349 e. The van der Waals surface area contributed by atoms with Crippen molar-refractivity contribution in [1.29, 1.82) is 0 Å². The summed E-state index contributed by atoms with van der Waals surface area (Å²) in [5.74, 6) is 0.510. The van der Waals surface area contributed by atoms with Crippen LogP contribution in [0.3, 0.4) is 0 Å². The number of esters is 1. The van der Waals surface area contributed by atoms with Crippen molar-refractivity contribution in [1.82, 2.24) is 5.32 Å². The van der Waals surface area contributed by atoms with Crippen molar-refractivity contribution >= 4 is 5.97 Å². The Kier molecular flexibility index (Phi) is 3.21. The van der Waals surface area contributed by atoms with E-state index in [0.29, 0.717) is 0 Å². The highest BCUT2D eigenvalue weighted by molar-refractivity contribution is 5.77. The van der Waals surface area contributed by atoms with Gasteiger partial charge in [-0.3, -0.25) is 0 Å². The fraction of sp³-hybridized carbons (Fsp3) is 0.562. The molecule has 1 fully saturated rings. The average molecular weight is 275 g/mol. The highest BCUT2D eigenvalue weighted by Gasteiger charge is 2.42. The summed E-state index contributed by atoms with van der Waals surface area (Å²) in [6.07, 6.45) is 1.40. The van der Waals surface area contributed by atoms with E-state index in [2.05, 4.69) is 11.4 Å². The molecule has 3 rings (SSSR count). The molecule has 0 amide bonds. The second-order valence-electron chi connectivity index (χ2n) is 6.51. The van der Waals surface area contributed by atoms with Crippen LogP contribution >= 0.6 is 0 Å². The molecule has 2 bridgehead atoms. The third-order valence-corrected chi connectivity index (χ3v) is 3.73. The molecule has 0 radical (unpaired) electrons. The molecule has 1 aromatic carbocycles. The fourth-order valence-electron chi connectivity index (χ4n) is 2.92. The van der Waals surface area contributed by atoms with Crippen molar-refractivity contribution in [3.05, 3.63) is 29.8 Å². The van der Waals surface area contributed by atoms with Crippen molar-refractivity contribution in [3.63, 3.8) is 0 Å². The van der Waals surface area contributed by atoms with Gasteiger partial charge in [-0.2, -0.15) is 0 Å². The average Bonchev–Trinajstić information content (AvgIpc) is 2.75. The molecule has 1 N–H and O–H groups in total. The first-order valence-electron chi connectivity index (χ1n) is 7.18. The Balaban J connectivity index is 1.88. The van der Waals surface area contributed by atoms with Gasteiger partial charge in [0.1, 0.15) is 11.4 Å². The van der Waals surface area contributed by atoms with Crippen LogP contribution < -0.4 is 10.1 Å². The molecule has 4 heteroatoms. The van der Waals surface area contributed by atoms with Crippen LogP contribution in [0.25, 0.3) is 0 Å². The number of fused-ring (bicyclic) bond motifs is 4. The van der Waals surface area contributed by atoms with Gasteiger partial charge in [-0.05, 0) is 39.7 Å². The number of para-hydroxylation sites is 1. The maximum absolute atomic E-state index is 12.4. The number of benzene rings is 1. The first kappa shape index (κ1) is 13.4. The van der Waals surface area contributed by atoms with Gasteiger partial charge in [-0.25, -0.2) is 4.79 Å². The minimum atomic E-state index is -0.567. The number of carbonyl (C=O) groups excluding carboxylic acids is 1. The molecule has 2 aliphatic rings. The van der Waals surface area contributed by atoms with Crippen LogP contribution in [0.1, 0.15) is 45.2 Å². The first-order valence-corrected chi connectivity index (χ1v) is 7.18. The monoisotopic (exact) mass is 275 g/mol. The minimum Gasteiger partial charge on any atom is -0.477 e. The van der Waals surface area contributed by atoms with Gasteiger partial charge in [0.05, 0.1) is 6.04 Å². The summed E-state index contributed by atoms with van der Waals surface area (Å²) in [6, 6.07) is 8.24. The van der Waals surface area contributed by atoms with Gasteiger partial charge in [0.25, 0.3) is 0 Å². The molecule has 2 aliphatic heterocycles. The molecular weight excluding hydrogens is 254 g/mol. The molecule has 0 saturated carbocycles. The summed E-state index contributed by atoms with van der Waals surface area (Å²) in [4.78, 5) is 12.4. The van der Waals surface area contributed by atoms with E-state index in [1.807, 2.05) is 39.0 Å². The normalized spacial score (nSPS) is 28.2. The summed E-state index contributed by atoms with van der Waals surface area (Å²) in [7, 11) is 0. The van der Waals surface area contributed by atoms with Crippen LogP contribution in [0.5, 0.6) is 5.75 Å². The van der Waals surface area contributed by atoms with E-state index in [0.717, 1.165) is 24.2 Å². The lowest BCUT2D eigenvalue weighted by atomic mass is 10.0. The highest BCUT2D eigenvalue weighted by Crippen LogP contribution is 2.38. The third-order valence-electron chi connectivity index (χ3n) is 3.73. The van der Waals surface area contributed by atoms with Crippen LogP contribution in [0.2, 0.25) is 0 Å². The maximum atomic E-state index is 12.4. The number of hydrogen-bond acceptors (Lipinski definition) is 4. The molecule has 0 aromatic heterocycles. The zero-order valence-corrected chi connectivity index (χ0v) is 12.2. The molecular formula is C16H21NO3. The Morgan fingerprint density at radius 3 is 2.80 bits per heavy atom. The second kappa shape index (κ2) is 4.77. The van der Waals surface area contributed by atoms with Crippen molar-refractivity contribution in [2.45, 2.75) is 57.4 Å². The molecule has 0 aliphatic carbocycles. The molecule has 0 spiro atoms. The van der Waals surface area contributed by atoms with Crippen LogP contribution in [0, 0.1) is 0 Å². The SMILES string of the molecule is CC(C)(C)OC(=O)C1Oc2ccccc2C2CCC1N2. The van der Waals surface area contributed by atoms with Crippen LogP contribution in [0.15, 0.2) is 24.3 Å². The highest BCUT2D eigenvalue weighted by atomic mass is 16.6. The van der Waals surface area contributed by atoms with Gasteiger partial charge in [0.15, 0.2) is 0 Å². The zero-order valence-electron chi connectivity index (χ0n) is 12.2. The first-order chi connectivity index (χ1) is 9.44. The van der Waals surface area contributed by atoms with Crippen LogP contribution in [-0.4, -0.2) is 23.7 Å². The van der Waals surface area contributed by atoms with Gasteiger partial charge in [-0.15, -0.1) is 0 Å². The van der Waals surface area contributed by atoms with E-state index in [9.17, 15) is 4.79 Å². The topological polar surface area (TPSA) is 47.6 Å². The summed E-state index contributed by atoms with van der Waals surface area (Å²) >= 11 is 0. The second-order valence-corrected chi connectivity index (χ2v) is 6.51. The van der Waals surface area contributed by atoms with E-state index >= 15 is 0 Å². The van der Waals surface area contributed by atoms with Gasteiger partial charge < -0.3 is 14.8 Å². The number of hydrogen-bond donors (Lipinski definition) is 1. The van der Waals surface area contributed by atoms with Crippen LogP contribution in [-0.2, 0) is 9.53 Å². The zero-order chi connectivity index (χ0) is 14.3. The molecule has 1 saturated heterocycles. The van der Waals surface area contributed by atoms with Crippen LogP contribution in [0.4, 0.5) is 0 Å². The summed E-state index contributed by atoms with van der Waals surface area (Å²) < 4.78 is 11.5. The summed E-state index contributed by atoms with van der Waals surface area (Å²) in [5.41, 5.74) is 0.644. The minimum absolute atomic E-state index is 0.0299. The third kappa shape index (κ3) is 2.52. The lowest BCUT2D eigenvalue weighted by molar-refractivity contribution is -0.164. The number of nitrogens with one attached hydrogen (secondary N) is 1. The molecule has 108 valence electrons. The Bertz CT molecular complexity index is 521.